The SMILES string of the molecule is Cc1noc(C)c1CNC1CSC1. The highest BCUT2D eigenvalue weighted by Crippen LogP contribution is 2.19. The second kappa shape index (κ2) is 3.72. The smallest absolute Gasteiger partial charge is 0.138 e. The first-order valence-electron chi connectivity index (χ1n) is 4.50. The quantitative estimate of drug-likeness (QED) is 0.798. The molecule has 1 N–H and O–H groups in total. The fourth-order valence-electron chi connectivity index (χ4n) is 1.35. The number of rotatable bonds is 3. The lowest BCUT2D eigenvalue weighted by Crippen LogP contribution is -2.39. The minimum absolute atomic E-state index is 0.693. The van der Waals surface area contributed by atoms with Crippen molar-refractivity contribution in [3.05, 3.63) is 17.0 Å². The van der Waals surface area contributed by atoms with Crippen LogP contribution in [-0.2, 0) is 6.54 Å². The van der Waals surface area contributed by atoms with Gasteiger partial charge in [0.1, 0.15) is 5.76 Å². The minimum Gasteiger partial charge on any atom is -0.361 e. The summed E-state index contributed by atoms with van der Waals surface area (Å²) in [5.41, 5.74) is 2.23. The average molecular weight is 198 g/mol. The molecule has 0 radical (unpaired) electrons. The van der Waals surface area contributed by atoms with E-state index in [4.69, 9.17) is 4.52 Å². The molecule has 1 fully saturated rings. The largest absolute Gasteiger partial charge is 0.361 e. The summed E-state index contributed by atoms with van der Waals surface area (Å²) in [6.07, 6.45) is 0. The highest BCUT2D eigenvalue weighted by molar-refractivity contribution is 8.00. The van der Waals surface area contributed by atoms with E-state index in [-0.39, 0.29) is 0 Å². The zero-order chi connectivity index (χ0) is 9.26. The van der Waals surface area contributed by atoms with E-state index in [9.17, 15) is 0 Å². The van der Waals surface area contributed by atoms with E-state index < -0.39 is 0 Å². The number of hydrogen-bond donors (Lipinski definition) is 1. The summed E-state index contributed by atoms with van der Waals surface area (Å²) in [5.74, 6) is 3.42. The molecular weight excluding hydrogens is 184 g/mol. The highest BCUT2D eigenvalue weighted by atomic mass is 32.2. The lowest BCUT2D eigenvalue weighted by molar-refractivity contribution is 0.391. The normalized spacial score (nSPS) is 17.4. The molecule has 1 saturated heterocycles. The van der Waals surface area contributed by atoms with Crippen LogP contribution in [0.4, 0.5) is 0 Å². The van der Waals surface area contributed by atoms with Crippen molar-refractivity contribution in [3.63, 3.8) is 0 Å². The second-order valence-corrected chi connectivity index (χ2v) is 4.49. The molecule has 4 heteroatoms. The van der Waals surface area contributed by atoms with Crippen molar-refractivity contribution < 1.29 is 4.52 Å². The zero-order valence-corrected chi connectivity index (χ0v) is 8.78. The summed E-state index contributed by atoms with van der Waals surface area (Å²) in [5, 5.41) is 7.40. The molecule has 0 spiro atoms. The Morgan fingerprint density at radius 2 is 2.31 bits per heavy atom. The van der Waals surface area contributed by atoms with E-state index in [1.807, 2.05) is 25.6 Å². The number of aromatic nitrogens is 1. The summed E-state index contributed by atoms with van der Waals surface area (Å²) in [7, 11) is 0. The number of hydrogen-bond acceptors (Lipinski definition) is 4. The van der Waals surface area contributed by atoms with Gasteiger partial charge >= 0.3 is 0 Å². The summed E-state index contributed by atoms with van der Waals surface area (Å²) < 4.78 is 5.08. The summed E-state index contributed by atoms with van der Waals surface area (Å²) in [6.45, 7) is 4.85. The van der Waals surface area contributed by atoms with Crippen molar-refractivity contribution in [2.45, 2.75) is 26.4 Å². The number of nitrogens with zero attached hydrogens (tertiary/aromatic N) is 1. The molecule has 1 aliphatic rings. The van der Waals surface area contributed by atoms with Crippen LogP contribution in [0.15, 0.2) is 4.52 Å². The van der Waals surface area contributed by atoms with Crippen molar-refractivity contribution in [2.24, 2.45) is 0 Å². The van der Waals surface area contributed by atoms with Crippen molar-refractivity contribution in [1.82, 2.24) is 10.5 Å². The number of thioether (sulfide) groups is 1. The molecule has 0 aliphatic carbocycles. The molecule has 2 heterocycles. The second-order valence-electron chi connectivity index (χ2n) is 3.42. The van der Waals surface area contributed by atoms with Gasteiger partial charge in [-0.25, -0.2) is 0 Å². The molecule has 0 saturated carbocycles. The summed E-state index contributed by atoms with van der Waals surface area (Å²) in [4.78, 5) is 0. The van der Waals surface area contributed by atoms with Crippen molar-refractivity contribution in [2.75, 3.05) is 11.5 Å². The van der Waals surface area contributed by atoms with E-state index in [0.29, 0.717) is 6.04 Å². The van der Waals surface area contributed by atoms with Crippen LogP contribution in [-0.4, -0.2) is 22.7 Å². The predicted molar refractivity (Wildman–Crippen MR) is 53.9 cm³/mol. The average Bonchev–Trinajstić information content (AvgIpc) is 2.32. The van der Waals surface area contributed by atoms with Gasteiger partial charge in [0.2, 0.25) is 0 Å². The van der Waals surface area contributed by atoms with Gasteiger partial charge in [-0.1, -0.05) is 5.16 Å². The lowest BCUT2D eigenvalue weighted by Gasteiger charge is -2.25. The van der Waals surface area contributed by atoms with Crippen LogP contribution in [0, 0.1) is 13.8 Å². The Morgan fingerprint density at radius 3 is 2.77 bits per heavy atom. The van der Waals surface area contributed by atoms with Crippen LogP contribution in [0.5, 0.6) is 0 Å². The van der Waals surface area contributed by atoms with Crippen molar-refractivity contribution >= 4 is 11.8 Å². The van der Waals surface area contributed by atoms with Gasteiger partial charge in [0.15, 0.2) is 0 Å². The van der Waals surface area contributed by atoms with Gasteiger partial charge in [-0.2, -0.15) is 11.8 Å². The van der Waals surface area contributed by atoms with Gasteiger partial charge in [0.05, 0.1) is 5.69 Å². The fourth-order valence-corrected chi connectivity index (χ4v) is 2.06. The molecule has 72 valence electrons. The zero-order valence-electron chi connectivity index (χ0n) is 7.96. The third-order valence-electron chi connectivity index (χ3n) is 2.39. The van der Waals surface area contributed by atoms with Crippen LogP contribution in [0.25, 0.3) is 0 Å². The Labute approximate surface area is 82.3 Å². The van der Waals surface area contributed by atoms with Gasteiger partial charge in [0, 0.05) is 29.7 Å². The maximum absolute atomic E-state index is 5.08. The van der Waals surface area contributed by atoms with Crippen LogP contribution in [0.2, 0.25) is 0 Å². The first-order valence-corrected chi connectivity index (χ1v) is 5.65. The molecule has 0 atom stereocenters. The molecule has 2 rings (SSSR count). The molecule has 0 amide bonds. The Morgan fingerprint density at radius 1 is 1.54 bits per heavy atom. The van der Waals surface area contributed by atoms with Crippen LogP contribution < -0.4 is 5.32 Å². The number of nitrogens with one attached hydrogen (secondary N) is 1. The van der Waals surface area contributed by atoms with E-state index in [0.717, 1.165) is 18.0 Å². The Balaban J connectivity index is 1.92. The van der Waals surface area contributed by atoms with E-state index in [2.05, 4.69) is 10.5 Å². The topological polar surface area (TPSA) is 38.1 Å². The minimum atomic E-state index is 0.693. The highest BCUT2D eigenvalue weighted by Gasteiger charge is 2.18. The summed E-state index contributed by atoms with van der Waals surface area (Å²) in [6, 6.07) is 0.693. The van der Waals surface area contributed by atoms with Crippen molar-refractivity contribution in [3.8, 4) is 0 Å². The van der Waals surface area contributed by atoms with Crippen LogP contribution in [0.3, 0.4) is 0 Å². The molecule has 0 unspecified atom stereocenters. The molecule has 3 nitrogen and oxygen atoms in total. The van der Waals surface area contributed by atoms with E-state index in [1.54, 1.807) is 0 Å². The number of aryl methyl sites for hydroxylation is 2. The lowest BCUT2D eigenvalue weighted by atomic mass is 10.2. The monoisotopic (exact) mass is 198 g/mol. The molecule has 1 aromatic heterocycles. The maximum atomic E-state index is 5.08. The fraction of sp³-hybridized carbons (Fsp3) is 0.667. The van der Waals surface area contributed by atoms with Crippen LogP contribution in [0.1, 0.15) is 17.0 Å². The molecule has 0 aromatic carbocycles. The van der Waals surface area contributed by atoms with Gasteiger partial charge in [-0.05, 0) is 13.8 Å². The molecule has 1 aliphatic heterocycles. The first-order chi connectivity index (χ1) is 6.27. The Kier molecular flexibility index (Phi) is 2.60. The van der Waals surface area contributed by atoms with Gasteiger partial charge in [-0.15, -0.1) is 0 Å². The predicted octanol–water partition coefficient (Wildman–Crippen LogP) is 1.50. The first kappa shape index (κ1) is 9.09. The third kappa shape index (κ3) is 1.89. The maximum Gasteiger partial charge on any atom is 0.138 e. The van der Waals surface area contributed by atoms with E-state index in [1.165, 1.54) is 17.1 Å². The molecular formula is C9H14N2OS. The third-order valence-corrected chi connectivity index (χ3v) is 3.66. The van der Waals surface area contributed by atoms with Gasteiger partial charge in [-0.3, -0.25) is 0 Å². The molecule has 13 heavy (non-hydrogen) atoms. The molecule has 1 aromatic rings. The van der Waals surface area contributed by atoms with Crippen molar-refractivity contribution in [1.29, 1.82) is 0 Å². The standard InChI is InChI=1S/C9H14N2OS/c1-6-9(7(2)12-11-6)3-10-8-4-13-5-8/h8,10H,3-5H2,1-2H3. The van der Waals surface area contributed by atoms with E-state index >= 15 is 0 Å². The Hall–Kier alpha value is -0.480. The van der Waals surface area contributed by atoms with Crippen LogP contribution >= 0.6 is 11.8 Å². The molecule has 0 bridgehead atoms. The van der Waals surface area contributed by atoms with Gasteiger partial charge < -0.3 is 9.84 Å². The van der Waals surface area contributed by atoms with Gasteiger partial charge in [0.25, 0.3) is 0 Å². The Bertz CT molecular complexity index is 274. The summed E-state index contributed by atoms with van der Waals surface area (Å²) >= 11 is 1.99.